The Morgan fingerprint density at radius 3 is 2.33 bits per heavy atom. The van der Waals surface area contributed by atoms with Crippen molar-refractivity contribution < 1.29 is 0 Å². The fourth-order valence-electron chi connectivity index (χ4n) is 1.91. The Kier molecular flexibility index (Phi) is 4.85. The molecule has 2 aromatic rings. The van der Waals surface area contributed by atoms with E-state index in [1.807, 2.05) is 0 Å². The molecule has 0 aliphatic heterocycles. The van der Waals surface area contributed by atoms with Crippen LogP contribution in [0.4, 0.5) is 0 Å². The average Bonchev–Trinajstić information content (AvgIpc) is 2.18. The van der Waals surface area contributed by atoms with Gasteiger partial charge in [-0.15, -0.1) is 0 Å². The third kappa shape index (κ3) is 3.07. The van der Waals surface area contributed by atoms with Crippen molar-refractivity contribution >= 4 is 40.3 Å². The van der Waals surface area contributed by atoms with Gasteiger partial charge in [0, 0.05) is 0 Å². The maximum atomic E-state index is 2.27. The molecule has 1 heteroatoms. The van der Waals surface area contributed by atoms with E-state index >= 15 is 0 Å². The van der Waals surface area contributed by atoms with Gasteiger partial charge >= 0.3 is 29.6 Å². The number of rotatable bonds is 2. The van der Waals surface area contributed by atoms with Gasteiger partial charge in [-0.2, -0.15) is 0 Å². The van der Waals surface area contributed by atoms with E-state index in [4.69, 9.17) is 0 Å². The third-order valence-corrected chi connectivity index (χ3v) is 2.51. The summed E-state index contributed by atoms with van der Waals surface area (Å²) in [6.07, 6.45) is 1.17. The van der Waals surface area contributed by atoms with Crippen molar-refractivity contribution in [1.29, 1.82) is 0 Å². The summed E-state index contributed by atoms with van der Waals surface area (Å²) in [5.41, 5.74) is 1.47. The summed E-state index contributed by atoms with van der Waals surface area (Å²) < 4.78 is 0. The molecule has 0 aliphatic rings. The predicted octanol–water partition coefficient (Wildman–Crippen LogP) is 3.39. The van der Waals surface area contributed by atoms with Crippen LogP contribution in [0.1, 0.15) is 19.4 Å². The molecule has 0 nitrogen and oxygen atoms in total. The van der Waals surface area contributed by atoms with Gasteiger partial charge in [0.1, 0.15) is 0 Å². The number of hydrogen-bond donors (Lipinski definition) is 0. The molecule has 0 N–H and O–H groups in total. The predicted molar refractivity (Wildman–Crippen MR) is 69.6 cm³/mol. The minimum absolute atomic E-state index is 0. The van der Waals surface area contributed by atoms with E-state index in [2.05, 4.69) is 56.3 Å². The van der Waals surface area contributed by atoms with E-state index in [1.165, 1.54) is 22.8 Å². The standard InChI is InChI=1S/C14H16.Na.H/c1-11(2)10-13-8-5-7-12-6-3-4-9-14(12)13;;/h3-9,11H,10H2,1-2H3;;. The van der Waals surface area contributed by atoms with Gasteiger partial charge in [0.25, 0.3) is 0 Å². The van der Waals surface area contributed by atoms with Crippen molar-refractivity contribution in [3.05, 3.63) is 48.0 Å². The van der Waals surface area contributed by atoms with Crippen molar-refractivity contribution in [3.63, 3.8) is 0 Å². The number of hydrogen-bond acceptors (Lipinski definition) is 0. The molecule has 0 unspecified atom stereocenters. The van der Waals surface area contributed by atoms with Crippen LogP contribution in [0.5, 0.6) is 0 Å². The van der Waals surface area contributed by atoms with Crippen molar-refractivity contribution in [3.8, 4) is 0 Å². The Morgan fingerprint density at radius 1 is 0.933 bits per heavy atom. The molecule has 0 bridgehead atoms. The van der Waals surface area contributed by atoms with Gasteiger partial charge in [0.05, 0.1) is 0 Å². The van der Waals surface area contributed by atoms with Gasteiger partial charge in [0.15, 0.2) is 0 Å². The molecular weight excluding hydrogens is 191 g/mol. The first kappa shape index (κ1) is 12.8. The second-order valence-corrected chi connectivity index (χ2v) is 4.24. The second kappa shape index (κ2) is 5.69. The molecule has 0 atom stereocenters. The fraction of sp³-hybridized carbons (Fsp3) is 0.286. The zero-order valence-electron chi connectivity index (χ0n) is 8.83. The average molecular weight is 208 g/mol. The molecule has 2 aromatic carbocycles. The second-order valence-electron chi connectivity index (χ2n) is 4.24. The molecule has 0 spiro atoms. The molecule has 0 heterocycles. The van der Waals surface area contributed by atoms with Gasteiger partial charge < -0.3 is 0 Å². The van der Waals surface area contributed by atoms with Crippen molar-refractivity contribution in [1.82, 2.24) is 0 Å². The van der Waals surface area contributed by atoms with Gasteiger partial charge in [0.2, 0.25) is 0 Å². The summed E-state index contributed by atoms with van der Waals surface area (Å²) in [6, 6.07) is 15.2. The zero-order chi connectivity index (χ0) is 9.97. The molecule has 0 radical (unpaired) electrons. The Labute approximate surface area is 114 Å². The fourth-order valence-corrected chi connectivity index (χ4v) is 1.91. The number of fused-ring (bicyclic) bond motifs is 1. The SMILES string of the molecule is CC(C)Cc1cccc2ccccc12.[NaH]. The monoisotopic (exact) mass is 208 g/mol. The van der Waals surface area contributed by atoms with E-state index in [-0.39, 0.29) is 29.6 Å². The quantitative estimate of drug-likeness (QED) is 0.664. The van der Waals surface area contributed by atoms with Crippen LogP contribution in [-0.2, 0) is 6.42 Å². The first-order chi connectivity index (χ1) is 6.77. The Bertz CT molecular complexity index is 427. The molecule has 74 valence electrons. The van der Waals surface area contributed by atoms with E-state index in [1.54, 1.807) is 0 Å². The van der Waals surface area contributed by atoms with Crippen molar-refractivity contribution in [2.24, 2.45) is 5.92 Å². The van der Waals surface area contributed by atoms with Gasteiger partial charge in [-0.1, -0.05) is 56.3 Å². The maximum absolute atomic E-state index is 2.27. The molecule has 0 amide bonds. The molecule has 0 aliphatic carbocycles. The van der Waals surface area contributed by atoms with Crippen molar-refractivity contribution in [2.45, 2.75) is 20.3 Å². The van der Waals surface area contributed by atoms with E-state index in [9.17, 15) is 0 Å². The van der Waals surface area contributed by atoms with E-state index in [0.29, 0.717) is 0 Å². The summed E-state index contributed by atoms with van der Waals surface area (Å²) in [4.78, 5) is 0. The summed E-state index contributed by atoms with van der Waals surface area (Å²) in [5, 5.41) is 2.76. The molecular formula is C14H17Na. The molecule has 2 rings (SSSR count). The van der Waals surface area contributed by atoms with Crippen LogP contribution in [0.3, 0.4) is 0 Å². The van der Waals surface area contributed by atoms with E-state index < -0.39 is 0 Å². The van der Waals surface area contributed by atoms with Gasteiger partial charge in [-0.05, 0) is 28.7 Å². The Balaban J connectivity index is 0.00000112. The van der Waals surface area contributed by atoms with E-state index in [0.717, 1.165) is 5.92 Å². The van der Waals surface area contributed by atoms with Crippen LogP contribution in [-0.4, -0.2) is 29.6 Å². The van der Waals surface area contributed by atoms with Crippen LogP contribution in [0, 0.1) is 5.92 Å². The summed E-state index contributed by atoms with van der Waals surface area (Å²) in [6.45, 7) is 4.53. The van der Waals surface area contributed by atoms with Gasteiger partial charge in [-0.3, -0.25) is 0 Å². The van der Waals surface area contributed by atoms with Crippen LogP contribution in [0.25, 0.3) is 10.8 Å². The first-order valence-electron chi connectivity index (χ1n) is 5.24. The Hall–Kier alpha value is -0.300. The molecule has 15 heavy (non-hydrogen) atoms. The number of benzene rings is 2. The van der Waals surface area contributed by atoms with Crippen LogP contribution in [0.2, 0.25) is 0 Å². The molecule has 0 aromatic heterocycles. The third-order valence-electron chi connectivity index (χ3n) is 2.51. The van der Waals surface area contributed by atoms with Crippen LogP contribution < -0.4 is 0 Å². The zero-order valence-corrected chi connectivity index (χ0v) is 8.83. The first-order valence-corrected chi connectivity index (χ1v) is 5.24. The molecule has 0 saturated heterocycles. The normalized spacial score (nSPS) is 10.3. The topological polar surface area (TPSA) is 0 Å². The summed E-state index contributed by atoms with van der Waals surface area (Å²) in [5.74, 6) is 0.723. The Morgan fingerprint density at radius 2 is 1.60 bits per heavy atom. The molecule has 0 fully saturated rings. The summed E-state index contributed by atoms with van der Waals surface area (Å²) >= 11 is 0. The van der Waals surface area contributed by atoms with Crippen LogP contribution in [0.15, 0.2) is 42.5 Å². The van der Waals surface area contributed by atoms with Crippen molar-refractivity contribution in [2.75, 3.05) is 0 Å². The summed E-state index contributed by atoms with van der Waals surface area (Å²) in [7, 11) is 0. The minimum atomic E-state index is 0. The van der Waals surface area contributed by atoms with Gasteiger partial charge in [-0.25, -0.2) is 0 Å². The van der Waals surface area contributed by atoms with Crippen LogP contribution >= 0.6 is 0 Å². The molecule has 0 saturated carbocycles.